The fourth-order valence-electron chi connectivity index (χ4n) is 5.84. The maximum absolute atomic E-state index is 13.8. The molecule has 4 atom stereocenters. The van der Waals surface area contributed by atoms with Crippen molar-refractivity contribution < 1.29 is 71.3 Å². The number of rotatable bonds is 25. The third-order valence-corrected chi connectivity index (χ3v) is 10.8. The first-order valence-electron chi connectivity index (χ1n) is 18.4. The smallest absolute Gasteiger partial charge is 0.361 e. The van der Waals surface area contributed by atoms with Crippen LogP contribution in [-0.4, -0.2) is 141 Å². The Morgan fingerprint density at radius 3 is 2.04 bits per heavy atom. The Morgan fingerprint density at radius 1 is 0.911 bits per heavy atom. The molecule has 4 rings (SSSR count). The van der Waals surface area contributed by atoms with Gasteiger partial charge >= 0.3 is 19.5 Å². The van der Waals surface area contributed by atoms with Gasteiger partial charge in [0.15, 0.2) is 6.23 Å². The van der Waals surface area contributed by atoms with E-state index in [9.17, 15) is 24.4 Å². The summed E-state index contributed by atoms with van der Waals surface area (Å²) in [5, 5.41) is 26.1. The molecule has 0 spiro atoms. The molecule has 2 aromatic heterocycles. The Morgan fingerprint density at radius 2 is 1.48 bits per heavy atom. The fourth-order valence-corrected chi connectivity index (χ4v) is 6.99. The number of methoxy groups -OCH3 is 2. The summed E-state index contributed by atoms with van der Waals surface area (Å²) in [5.41, 5.74) is -1.79. The first kappa shape index (κ1) is 46.2. The van der Waals surface area contributed by atoms with Crippen LogP contribution in [0.25, 0.3) is 11.0 Å². The number of anilines is 1. The summed E-state index contributed by atoms with van der Waals surface area (Å²) in [6.07, 6.45) is 0.108. The first-order chi connectivity index (χ1) is 26.6. The number of fused-ring (bicyclic) bond motifs is 1. The highest BCUT2D eigenvalue weighted by atomic mass is 35.5. The number of carbonyl (C=O) groups excluding carboxylic acids is 2. The molecule has 0 aromatic carbocycles. The molecule has 56 heavy (non-hydrogen) atoms. The van der Waals surface area contributed by atoms with Crippen LogP contribution in [0.4, 0.5) is 5.82 Å². The van der Waals surface area contributed by atoms with E-state index in [0.29, 0.717) is 30.1 Å². The molecule has 0 radical (unpaired) electrons. The summed E-state index contributed by atoms with van der Waals surface area (Å²) in [5.74, 6) is -0.863. The molecule has 318 valence electrons. The highest BCUT2D eigenvalue weighted by molar-refractivity contribution is 7.53. The van der Waals surface area contributed by atoms with Gasteiger partial charge in [0.2, 0.25) is 18.9 Å². The van der Waals surface area contributed by atoms with E-state index in [1.165, 1.54) is 14.2 Å². The van der Waals surface area contributed by atoms with Gasteiger partial charge in [-0.05, 0) is 58.2 Å². The number of ether oxygens (including phenoxy) is 8. The maximum Gasteiger partial charge on any atom is 0.361 e. The number of aliphatic hydroxyl groups excluding tert-OH is 2. The van der Waals surface area contributed by atoms with Crippen LogP contribution in [0.2, 0.25) is 5.28 Å². The third kappa shape index (κ3) is 13.0. The second-order valence-electron chi connectivity index (χ2n) is 14.8. The highest BCUT2D eigenvalue weighted by Gasteiger charge is 2.45. The number of hydrogen-bond donors (Lipinski definition) is 3. The van der Waals surface area contributed by atoms with E-state index in [2.05, 4.69) is 15.3 Å². The molecular formula is C35H56ClN4O15P. The molecule has 0 bridgehead atoms. The van der Waals surface area contributed by atoms with Crippen molar-refractivity contribution in [3.8, 4) is 0 Å². The van der Waals surface area contributed by atoms with Crippen molar-refractivity contribution in [1.29, 1.82) is 0 Å². The van der Waals surface area contributed by atoms with E-state index in [1.54, 1.807) is 44.5 Å². The Hall–Kier alpha value is -2.52. The molecule has 1 saturated carbocycles. The topological polar surface area (TPSA) is 227 Å². The van der Waals surface area contributed by atoms with Crippen molar-refractivity contribution in [3.05, 3.63) is 17.5 Å². The lowest BCUT2D eigenvalue weighted by Crippen LogP contribution is -2.34. The predicted octanol–water partition coefficient (Wildman–Crippen LogP) is 3.64. The molecule has 2 aromatic rings. The van der Waals surface area contributed by atoms with Crippen LogP contribution < -0.4 is 5.32 Å². The minimum atomic E-state index is -4.32. The quantitative estimate of drug-likeness (QED) is 0.0426. The summed E-state index contributed by atoms with van der Waals surface area (Å²) in [6, 6.07) is 2.02. The lowest BCUT2D eigenvalue weighted by molar-refractivity contribution is -0.167. The zero-order chi connectivity index (χ0) is 40.9. The van der Waals surface area contributed by atoms with Crippen LogP contribution in [0.5, 0.6) is 0 Å². The van der Waals surface area contributed by atoms with Crippen LogP contribution in [0.1, 0.15) is 59.6 Å². The summed E-state index contributed by atoms with van der Waals surface area (Å²) >= 11 is 6.29. The van der Waals surface area contributed by atoms with Gasteiger partial charge in [0.25, 0.3) is 0 Å². The number of nitrogens with zero attached hydrogens (tertiary/aromatic N) is 3. The first-order valence-corrected chi connectivity index (χ1v) is 20.5. The van der Waals surface area contributed by atoms with E-state index in [-0.39, 0.29) is 44.4 Å². The molecule has 21 heteroatoms. The average molecular weight is 839 g/mol. The van der Waals surface area contributed by atoms with E-state index < -0.39 is 74.8 Å². The second kappa shape index (κ2) is 21.5. The largest absolute Gasteiger partial charge is 0.437 e. The van der Waals surface area contributed by atoms with Gasteiger partial charge in [-0.15, -0.1) is 0 Å². The van der Waals surface area contributed by atoms with Crippen molar-refractivity contribution in [3.63, 3.8) is 0 Å². The zero-order valence-electron chi connectivity index (χ0n) is 32.8. The van der Waals surface area contributed by atoms with Crippen LogP contribution in [0, 0.1) is 10.8 Å². The normalized spacial score (nSPS) is 20.9. The number of carbonyl (C=O) groups is 2. The van der Waals surface area contributed by atoms with Crippen molar-refractivity contribution >= 4 is 48.0 Å². The number of aromatic nitrogens is 3. The molecule has 1 saturated heterocycles. The van der Waals surface area contributed by atoms with Gasteiger partial charge in [0, 0.05) is 26.5 Å². The lowest BCUT2D eigenvalue weighted by Gasteiger charge is -2.25. The van der Waals surface area contributed by atoms with E-state index in [4.69, 9.17) is 58.5 Å². The van der Waals surface area contributed by atoms with Gasteiger partial charge in [-0.3, -0.25) is 23.2 Å². The standard InChI is InChI=1S/C35H56ClN4O15P/c1-34(2,18-48-15-13-46-5)31(43)51-20-53-56(45,54-21-52-32(44)35(3,4)19-49-16-14-47-6)22-50-17-25-26(41)27(42)30(55-25)40-12-11-24-28(37-23-9-7-8-10-23)38-33(36)39-29(24)40/h11-12,23,25-27,30,41-42H,7-10,13-22H2,1-6H3,(H,37,38,39)/t25-,26-,27-,30-/m1/s1. The Kier molecular flexibility index (Phi) is 17.7. The van der Waals surface area contributed by atoms with Gasteiger partial charge in [-0.25, -0.2) is 4.98 Å². The number of hydrogen-bond acceptors (Lipinski definition) is 18. The molecule has 2 fully saturated rings. The van der Waals surface area contributed by atoms with Crippen LogP contribution in [0.3, 0.4) is 0 Å². The Bertz CT molecular complexity index is 1560. The molecule has 3 heterocycles. The number of esters is 2. The van der Waals surface area contributed by atoms with E-state index >= 15 is 0 Å². The molecular weight excluding hydrogens is 783 g/mol. The Balaban J connectivity index is 1.38. The SMILES string of the molecule is COCCOCC(C)(C)C(=O)OCOP(=O)(COC[C@H]1O[C@@H](n2ccc3c(NC4CCCC4)nc(Cl)nc32)[C@H](O)[C@@H]1O)OCOC(=O)C(C)(C)COCCOC. The lowest BCUT2D eigenvalue weighted by atomic mass is 9.95. The number of halogens is 1. The monoisotopic (exact) mass is 838 g/mol. The van der Waals surface area contributed by atoms with Gasteiger partial charge in [0.1, 0.15) is 36.1 Å². The summed E-state index contributed by atoms with van der Waals surface area (Å²) in [6.45, 7) is 5.63. The summed E-state index contributed by atoms with van der Waals surface area (Å²) in [7, 11) is -1.28. The van der Waals surface area contributed by atoms with Crippen molar-refractivity contribution in [2.45, 2.75) is 84.0 Å². The number of aliphatic hydroxyl groups is 2. The van der Waals surface area contributed by atoms with E-state index in [0.717, 1.165) is 25.7 Å². The van der Waals surface area contributed by atoms with Gasteiger partial charge in [0.05, 0.1) is 62.5 Å². The van der Waals surface area contributed by atoms with E-state index in [1.807, 2.05) is 0 Å². The average Bonchev–Trinajstić information content (AvgIpc) is 3.89. The molecule has 19 nitrogen and oxygen atoms in total. The molecule has 0 amide bonds. The molecule has 3 N–H and O–H groups in total. The minimum Gasteiger partial charge on any atom is -0.437 e. The third-order valence-electron chi connectivity index (χ3n) is 9.16. The maximum atomic E-state index is 13.8. The van der Waals surface area contributed by atoms with Crippen molar-refractivity contribution in [2.75, 3.05) is 85.7 Å². The van der Waals surface area contributed by atoms with Crippen molar-refractivity contribution in [2.24, 2.45) is 10.8 Å². The minimum absolute atomic E-state index is 0.00378. The van der Waals surface area contributed by atoms with Gasteiger partial charge < -0.3 is 58.0 Å². The molecule has 1 aliphatic heterocycles. The summed E-state index contributed by atoms with van der Waals surface area (Å²) < 4.78 is 69.1. The fraction of sp³-hybridized carbons (Fsp3) is 0.771. The van der Waals surface area contributed by atoms with Crippen molar-refractivity contribution in [1.82, 2.24) is 14.5 Å². The molecule has 1 aliphatic carbocycles. The second-order valence-corrected chi connectivity index (χ2v) is 17.1. The Labute approximate surface area is 331 Å². The molecule has 0 unspecified atom stereocenters. The van der Waals surface area contributed by atoms with Gasteiger partial charge in [-0.1, -0.05) is 12.8 Å². The summed E-state index contributed by atoms with van der Waals surface area (Å²) in [4.78, 5) is 34.3. The number of nitrogens with one attached hydrogen (secondary N) is 1. The van der Waals surface area contributed by atoms with Crippen LogP contribution in [0.15, 0.2) is 12.3 Å². The van der Waals surface area contributed by atoms with Crippen LogP contribution >= 0.6 is 19.2 Å². The van der Waals surface area contributed by atoms with Gasteiger partial charge in [-0.2, -0.15) is 4.98 Å². The predicted molar refractivity (Wildman–Crippen MR) is 200 cm³/mol. The molecule has 2 aliphatic rings. The highest BCUT2D eigenvalue weighted by Crippen LogP contribution is 2.48. The zero-order valence-corrected chi connectivity index (χ0v) is 34.5. The van der Waals surface area contributed by atoms with Crippen LogP contribution in [-0.2, 0) is 61.1 Å².